The van der Waals surface area contributed by atoms with E-state index < -0.39 is 0 Å². The van der Waals surface area contributed by atoms with Crippen molar-refractivity contribution in [2.24, 2.45) is 4.99 Å². The molecular formula is C12H23N. The van der Waals surface area contributed by atoms with Crippen molar-refractivity contribution in [3.8, 4) is 0 Å². The summed E-state index contributed by atoms with van der Waals surface area (Å²) in [7, 11) is 0. The third kappa shape index (κ3) is 11.4. The van der Waals surface area contributed by atoms with Crippen LogP contribution < -0.4 is 0 Å². The Kier molecular flexibility index (Phi) is 10.9. The molecule has 0 radical (unpaired) electrons. The van der Waals surface area contributed by atoms with Gasteiger partial charge in [-0.05, 0) is 19.4 Å². The summed E-state index contributed by atoms with van der Waals surface area (Å²) >= 11 is 0. The number of nitrogens with zero attached hydrogens (tertiary/aromatic N) is 1. The Morgan fingerprint density at radius 2 is 1.69 bits per heavy atom. The fourth-order valence-electron chi connectivity index (χ4n) is 1.20. The van der Waals surface area contributed by atoms with Gasteiger partial charge in [0.15, 0.2) is 0 Å². The van der Waals surface area contributed by atoms with Crippen molar-refractivity contribution in [1.29, 1.82) is 0 Å². The molecule has 0 saturated carbocycles. The summed E-state index contributed by atoms with van der Waals surface area (Å²) in [5, 5.41) is 0. The van der Waals surface area contributed by atoms with Crippen molar-refractivity contribution in [2.45, 2.75) is 52.4 Å². The Labute approximate surface area is 83.0 Å². The summed E-state index contributed by atoms with van der Waals surface area (Å²) in [5.74, 6) is 0. The molecular weight excluding hydrogens is 158 g/mol. The maximum Gasteiger partial charge on any atom is 0.0389 e. The lowest BCUT2D eigenvalue weighted by Crippen LogP contribution is -1.83. The third-order valence-electron chi connectivity index (χ3n) is 2.02. The molecule has 0 aliphatic rings. The van der Waals surface area contributed by atoms with Gasteiger partial charge in [0.25, 0.3) is 0 Å². The first kappa shape index (κ1) is 12.4. The standard InChI is InChI=1S/C12H23N/c1-3-5-7-8-9-10-12-13-11-6-4-2/h4,6,11H,3,5,7-10,12H2,1-2H3/b6-4+,13-11+. The lowest BCUT2D eigenvalue weighted by atomic mass is 10.1. The Hall–Kier alpha value is -0.590. The van der Waals surface area contributed by atoms with E-state index in [9.17, 15) is 0 Å². The minimum atomic E-state index is 0.996. The second-order valence-corrected chi connectivity index (χ2v) is 3.35. The zero-order chi connectivity index (χ0) is 9.78. The molecule has 0 rings (SSSR count). The summed E-state index contributed by atoms with van der Waals surface area (Å²) in [4.78, 5) is 4.27. The van der Waals surface area contributed by atoms with E-state index in [1.54, 1.807) is 0 Å². The molecule has 1 nitrogen and oxygen atoms in total. The third-order valence-corrected chi connectivity index (χ3v) is 2.02. The van der Waals surface area contributed by atoms with Gasteiger partial charge in [0.05, 0.1) is 0 Å². The molecule has 0 aromatic carbocycles. The monoisotopic (exact) mass is 181 g/mol. The van der Waals surface area contributed by atoms with Crippen LogP contribution in [0.3, 0.4) is 0 Å². The SMILES string of the molecule is C/C=C/C=N/CCCCCCCC. The number of allylic oxidation sites excluding steroid dienone is 2. The van der Waals surface area contributed by atoms with Gasteiger partial charge in [0.1, 0.15) is 0 Å². The van der Waals surface area contributed by atoms with Gasteiger partial charge in [-0.15, -0.1) is 0 Å². The first-order chi connectivity index (χ1) is 6.41. The maximum absolute atomic E-state index is 4.27. The summed E-state index contributed by atoms with van der Waals surface area (Å²) in [6.45, 7) is 5.26. The average molecular weight is 181 g/mol. The maximum atomic E-state index is 4.27. The Morgan fingerprint density at radius 3 is 2.38 bits per heavy atom. The van der Waals surface area contributed by atoms with Crippen LogP contribution in [-0.4, -0.2) is 12.8 Å². The smallest absolute Gasteiger partial charge is 0.0389 e. The molecule has 0 amide bonds. The molecule has 0 aromatic rings. The van der Waals surface area contributed by atoms with Crippen molar-refractivity contribution in [1.82, 2.24) is 0 Å². The van der Waals surface area contributed by atoms with Crippen LogP contribution >= 0.6 is 0 Å². The number of unbranched alkanes of at least 4 members (excludes halogenated alkanes) is 5. The summed E-state index contributed by atoms with van der Waals surface area (Å²) in [5.41, 5.74) is 0. The van der Waals surface area contributed by atoms with E-state index in [0.29, 0.717) is 0 Å². The van der Waals surface area contributed by atoms with Crippen LogP contribution in [0.2, 0.25) is 0 Å². The van der Waals surface area contributed by atoms with Gasteiger partial charge in [0.2, 0.25) is 0 Å². The van der Waals surface area contributed by atoms with Crippen molar-refractivity contribution >= 4 is 6.21 Å². The quantitative estimate of drug-likeness (QED) is 0.396. The Morgan fingerprint density at radius 1 is 1.00 bits per heavy atom. The summed E-state index contributed by atoms with van der Waals surface area (Å²) < 4.78 is 0. The van der Waals surface area contributed by atoms with Gasteiger partial charge in [-0.1, -0.05) is 45.1 Å². The van der Waals surface area contributed by atoms with Crippen LogP contribution in [0, 0.1) is 0 Å². The van der Waals surface area contributed by atoms with Gasteiger partial charge in [-0.25, -0.2) is 0 Å². The van der Waals surface area contributed by atoms with E-state index in [-0.39, 0.29) is 0 Å². The normalized spacial score (nSPS) is 11.8. The number of rotatable bonds is 8. The molecule has 0 heterocycles. The van der Waals surface area contributed by atoms with Crippen LogP contribution in [0.4, 0.5) is 0 Å². The van der Waals surface area contributed by atoms with E-state index in [2.05, 4.69) is 11.9 Å². The van der Waals surface area contributed by atoms with Gasteiger partial charge in [0, 0.05) is 12.8 Å². The van der Waals surface area contributed by atoms with Crippen molar-refractivity contribution in [3.05, 3.63) is 12.2 Å². The lowest BCUT2D eigenvalue weighted by molar-refractivity contribution is 0.613. The predicted octanol–water partition coefficient (Wildman–Crippen LogP) is 3.99. The molecule has 0 aromatic heterocycles. The first-order valence-electron chi connectivity index (χ1n) is 5.53. The summed E-state index contributed by atoms with van der Waals surface area (Å²) in [6.07, 6.45) is 14.0. The molecule has 0 aliphatic carbocycles. The van der Waals surface area contributed by atoms with Crippen LogP contribution in [0.25, 0.3) is 0 Å². The van der Waals surface area contributed by atoms with E-state index in [1.807, 2.05) is 25.3 Å². The lowest BCUT2D eigenvalue weighted by Gasteiger charge is -1.96. The molecule has 0 N–H and O–H groups in total. The van der Waals surface area contributed by atoms with Crippen LogP contribution in [0.5, 0.6) is 0 Å². The molecule has 0 saturated heterocycles. The van der Waals surface area contributed by atoms with Gasteiger partial charge >= 0.3 is 0 Å². The fraction of sp³-hybridized carbons (Fsp3) is 0.750. The Bertz CT molecular complexity index is 136. The molecule has 0 spiro atoms. The zero-order valence-corrected chi connectivity index (χ0v) is 9.13. The van der Waals surface area contributed by atoms with E-state index in [1.165, 1.54) is 38.5 Å². The van der Waals surface area contributed by atoms with Crippen molar-refractivity contribution < 1.29 is 0 Å². The highest BCUT2D eigenvalue weighted by atomic mass is 14.7. The van der Waals surface area contributed by atoms with Crippen molar-refractivity contribution in [3.63, 3.8) is 0 Å². The summed E-state index contributed by atoms with van der Waals surface area (Å²) in [6, 6.07) is 0. The Balaban J connectivity index is 2.99. The molecule has 0 bridgehead atoms. The predicted molar refractivity (Wildman–Crippen MR) is 61.5 cm³/mol. The molecule has 0 aliphatic heterocycles. The second kappa shape index (κ2) is 11.4. The highest BCUT2D eigenvalue weighted by molar-refractivity contribution is 5.70. The molecule has 76 valence electrons. The van der Waals surface area contributed by atoms with E-state index in [0.717, 1.165) is 6.54 Å². The van der Waals surface area contributed by atoms with Gasteiger partial charge in [-0.3, -0.25) is 4.99 Å². The molecule has 0 fully saturated rings. The fourth-order valence-corrected chi connectivity index (χ4v) is 1.20. The highest BCUT2D eigenvalue weighted by Gasteiger charge is 1.87. The number of hydrogen-bond acceptors (Lipinski definition) is 1. The molecule has 0 atom stereocenters. The van der Waals surface area contributed by atoms with Crippen LogP contribution in [0.1, 0.15) is 52.4 Å². The molecule has 0 unspecified atom stereocenters. The molecule has 1 heteroatoms. The zero-order valence-electron chi connectivity index (χ0n) is 9.13. The average Bonchev–Trinajstić information content (AvgIpc) is 2.16. The van der Waals surface area contributed by atoms with Gasteiger partial charge < -0.3 is 0 Å². The minimum absolute atomic E-state index is 0.996. The van der Waals surface area contributed by atoms with E-state index >= 15 is 0 Å². The largest absolute Gasteiger partial charge is 0.293 e. The van der Waals surface area contributed by atoms with E-state index in [4.69, 9.17) is 0 Å². The van der Waals surface area contributed by atoms with Crippen LogP contribution in [-0.2, 0) is 0 Å². The van der Waals surface area contributed by atoms with Crippen molar-refractivity contribution in [2.75, 3.05) is 6.54 Å². The number of hydrogen-bond donors (Lipinski definition) is 0. The highest BCUT2D eigenvalue weighted by Crippen LogP contribution is 2.04. The van der Waals surface area contributed by atoms with Crippen LogP contribution in [0.15, 0.2) is 17.1 Å². The topological polar surface area (TPSA) is 12.4 Å². The first-order valence-corrected chi connectivity index (χ1v) is 5.53. The van der Waals surface area contributed by atoms with Gasteiger partial charge in [-0.2, -0.15) is 0 Å². The minimum Gasteiger partial charge on any atom is -0.293 e. The second-order valence-electron chi connectivity index (χ2n) is 3.35. The number of aliphatic imine (C=N–C) groups is 1. The molecule has 13 heavy (non-hydrogen) atoms.